The molecule has 0 spiro atoms. The lowest BCUT2D eigenvalue weighted by Crippen LogP contribution is -2.20. The van der Waals surface area contributed by atoms with Gasteiger partial charge in [0.25, 0.3) is 0 Å². The molecule has 0 radical (unpaired) electrons. The zero-order chi connectivity index (χ0) is 42.9. The first-order valence-electron chi connectivity index (χ1n) is 9.93. The van der Waals surface area contributed by atoms with Gasteiger partial charge in [0.1, 0.15) is 0 Å². The van der Waals surface area contributed by atoms with Crippen LogP contribution in [-0.4, -0.2) is 71.5 Å². The van der Waals surface area contributed by atoms with Gasteiger partial charge in [0.05, 0.1) is 0 Å². The highest BCUT2D eigenvalue weighted by molar-refractivity contribution is 5.85. The number of halogens is 1. The first-order valence-corrected chi connectivity index (χ1v) is 9.93. The lowest BCUT2D eigenvalue weighted by Gasteiger charge is -1.69. The molecule has 0 saturated carbocycles. The Balaban J connectivity index is -0.0000000262. The van der Waals surface area contributed by atoms with E-state index >= 15 is 0 Å². The van der Waals surface area contributed by atoms with E-state index in [9.17, 15) is 0 Å². The Bertz CT molecular complexity index is 580. The number of hydrogen-bond acceptors (Lipinski definition) is 12. The summed E-state index contributed by atoms with van der Waals surface area (Å²) in [4.78, 5) is 0. The maximum atomic E-state index is 6.06. The molecule has 0 aromatic carbocycles. The summed E-state index contributed by atoms with van der Waals surface area (Å²) in [6, 6.07) is 0. The largest absolute Gasteiger partial charge is 0.370 e. The van der Waals surface area contributed by atoms with Gasteiger partial charge in [-0.1, -0.05) is 0 Å². The minimum Gasteiger partial charge on any atom is -0.370 e. The van der Waals surface area contributed by atoms with Crippen LogP contribution in [0.25, 0.3) is 0 Å². The van der Waals surface area contributed by atoms with Crippen LogP contribution < -0.4 is 138 Å². The second kappa shape index (κ2) is 77.4. The summed E-state index contributed by atoms with van der Waals surface area (Å²) in [6.45, 7) is 0. The molecular formula is C12H61ClN36. The van der Waals surface area contributed by atoms with E-state index in [2.05, 4.69) is 138 Å². The number of nitrogens with one attached hydrogen (secondary N) is 12. The van der Waals surface area contributed by atoms with Gasteiger partial charge in [0.15, 0.2) is 71.5 Å². The predicted octanol–water partition coefficient (Wildman–Crippen LogP) is -13.5. The summed E-state index contributed by atoms with van der Waals surface area (Å²) in [5.74, 6) is -4.00. The molecule has 0 aliphatic carbocycles. The first kappa shape index (κ1) is 83.6. The first-order chi connectivity index (χ1) is 20.8. The summed E-state index contributed by atoms with van der Waals surface area (Å²) in [5, 5.41) is 72.7. The Kier molecular flexibility index (Phi) is 132. The molecule has 0 heterocycles. The Morgan fingerprint density at radius 2 is 0.143 bits per heavy atom. The van der Waals surface area contributed by atoms with E-state index in [0.29, 0.717) is 0 Å². The van der Waals surface area contributed by atoms with Gasteiger partial charge in [-0.15, -0.1) is 12.4 Å². The van der Waals surface area contributed by atoms with Crippen LogP contribution >= 0.6 is 12.4 Å². The Morgan fingerprint density at radius 3 is 0.143 bits per heavy atom. The number of rotatable bonds is 0. The van der Waals surface area contributed by atoms with Crippen molar-refractivity contribution in [2.45, 2.75) is 0 Å². The molecule has 36 nitrogen and oxygen atoms in total. The summed E-state index contributed by atoms with van der Waals surface area (Å²) >= 11 is 0. The topological polar surface area (TPSA) is 911 Å². The third-order valence-electron chi connectivity index (χ3n) is 0. The molecular weight excluding hydrogens is 684 g/mol. The third-order valence-corrected chi connectivity index (χ3v) is 0. The van der Waals surface area contributed by atoms with Crippen molar-refractivity contribution in [2.24, 2.45) is 138 Å². The number of nitrogens with two attached hydrogens (primary N) is 24. The molecule has 0 unspecified atom stereocenters. The van der Waals surface area contributed by atoms with Gasteiger partial charge in [0.2, 0.25) is 0 Å². The van der Waals surface area contributed by atoms with Crippen LogP contribution in [0, 0.1) is 64.9 Å². The molecule has 0 aromatic rings. The van der Waals surface area contributed by atoms with Gasteiger partial charge in [0, 0.05) is 0 Å². The van der Waals surface area contributed by atoms with E-state index in [1.54, 1.807) is 0 Å². The minimum absolute atomic E-state index is 0. The monoisotopic (exact) mass is 745 g/mol. The fraction of sp³-hybridized carbons (Fsp3) is 0. The molecule has 0 aliphatic heterocycles. The molecule has 49 heavy (non-hydrogen) atoms. The van der Waals surface area contributed by atoms with Crippen LogP contribution in [0.4, 0.5) is 0 Å². The smallest absolute Gasteiger partial charge is 0.183 e. The summed E-state index contributed by atoms with van der Waals surface area (Å²) < 4.78 is 0. The number of hydrogen-bond donors (Lipinski definition) is 36. The maximum Gasteiger partial charge on any atom is 0.183 e. The Hall–Kier alpha value is -8.47. The van der Waals surface area contributed by atoms with Crippen molar-refractivity contribution in [1.82, 2.24) is 0 Å². The second-order valence-electron chi connectivity index (χ2n) is 5.46. The Labute approximate surface area is 286 Å². The fourth-order valence-corrected chi connectivity index (χ4v) is 0. The third kappa shape index (κ3) is 776. The van der Waals surface area contributed by atoms with E-state index in [-0.39, 0.29) is 83.9 Å². The predicted molar refractivity (Wildman–Crippen MR) is 200 cm³/mol. The van der Waals surface area contributed by atoms with E-state index in [0.717, 1.165) is 0 Å². The zero-order valence-electron chi connectivity index (χ0n) is 26.3. The molecule has 0 atom stereocenters. The van der Waals surface area contributed by atoms with E-state index in [1.807, 2.05) is 0 Å². The Morgan fingerprint density at radius 1 is 0.143 bits per heavy atom. The van der Waals surface area contributed by atoms with Crippen LogP contribution in [0.2, 0.25) is 0 Å². The van der Waals surface area contributed by atoms with E-state index in [4.69, 9.17) is 64.9 Å². The molecule has 0 fully saturated rings. The summed E-state index contributed by atoms with van der Waals surface area (Å²) in [5.41, 5.74) is 107. The molecule has 0 aliphatic rings. The van der Waals surface area contributed by atoms with Crippen molar-refractivity contribution >= 4 is 83.9 Å². The lowest BCUT2D eigenvalue weighted by molar-refractivity contribution is 1.38. The van der Waals surface area contributed by atoms with Crippen LogP contribution in [0.3, 0.4) is 0 Å². The molecule has 296 valence electrons. The number of guanidine groups is 12. The van der Waals surface area contributed by atoms with Gasteiger partial charge < -0.3 is 138 Å². The highest BCUT2D eigenvalue weighted by Crippen LogP contribution is 1.17. The molecule has 37 heteroatoms. The van der Waals surface area contributed by atoms with Crippen molar-refractivity contribution in [1.29, 1.82) is 64.9 Å². The quantitative estimate of drug-likeness (QED) is 0.0808. The van der Waals surface area contributed by atoms with Gasteiger partial charge in [-0.3, -0.25) is 64.9 Å². The molecule has 0 amide bonds. The highest BCUT2D eigenvalue weighted by Gasteiger charge is 1.56. The van der Waals surface area contributed by atoms with Crippen molar-refractivity contribution in [3.05, 3.63) is 0 Å². The van der Waals surface area contributed by atoms with Gasteiger partial charge >= 0.3 is 0 Å². The average molecular weight is 745 g/mol. The van der Waals surface area contributed by atoms with E-state index in [1.165, 1.54) is 0 Å². The molecule has 0 bridgehead atoms. The average Bonchev–Trinajstić information content (AvgIpc) is 2.61. The second-order valence-corrected chi connectivity index (χ2v) is 5.46. The van der Waals surface area contributed by atoms with Gasteiger partial charge in [-0.2, -0.15) is 0 Å². The summed E-state index contributed by atoms with van der Waals surface area (Å²) in [7, 11) is 0. The zero-order valence-corrected chi connectivity index (χ0v) is 27.1. The SMILES string of the molecule is Cl.N=C(N)N.N=C(N)N.N=C(N)N.N=C(N)N.N=C(N)N.N=C(N)N.N=C(N)N.N=C(N)N.N=C(N)N.N=C(N)N.N=C(N)N.N=C(N)N. The normalized spacial score (nSPS) is 5.88. The fourth-order valence-electron chi connectivity index (χ4n) is 0. The molecule has 60 N–H and O–H groups in total. The molecule has 0 aromatic heterocycles. The van der Waals surface area contributed by atoms with Gasteiger partial charge in [-0.25, -0.2) is 0 Å². The van der Waals surface area contributed by atoms with Crippen molar-refractivity contribution in [2.75, 3.05) is 0 Å². The highest BCUT2D eigenvalue weighted by atomic mass is 35.5. The van der Waals surface area contributed by atoms with Crippen LogP contribution in [0.5, 0.6) is 0 Å². The van der Waals surface area contributed by atoms with E-state index < -0.39 is 0 Å². The van der Waals surface area contributed by atoms with Crippen molar-refractivity contribution in [3.63, 3.8) is 0 Å². The summed E-state index contributed by atoms with van der Waals surface area (Å²) in [6.07, 6.45) is 0. The van der Waals surface area contributed by atoms with Crippen LogP contribution in [0.1, 0.15) is 0 Å². The maximum absolute atomic E-state index is 6.06. The minimum atomic E-state index is -0.333. The van der Waals surface area contributed by atoms with Crippen molar-refractivity contribution < 1.29 is 0 Å². The van der Waals surface area contributed by atoms with Crippen LogP contribution in [0.15, 0.2) is 0 Å². The molecule has 0 rings (SSSR count). The molecule has 0 saturated heterocycles. The van der Waals surface area contributed by atoms with Gasteiger partial charge in [-0.05, 0) is 0 Å². The van der Waals surface area contributed by atoms with Crippen molar-refractivity contribution in [3.8, 4) is 0 Å². The lowest BCUT2D eigenvalue weighted by atomic mass is 11.1. The standard InChI is InChI=1S/12CH5N3.ClH/c12*2-1(3)4;/h12*(H5,2,3,4);1H. The van der Waals surface area contributed by atoms with Crippen LogP contribution in [-0.2, 0) is 0 Å².